The highest BCUT2D eigenvalue weighted by Gasteiger charge is 2.40. The van der Waals surface area contributed by atoms with E-state index in [0.29, 0.717) is 46.8 Å². The van der Waals surface area contributed by atoms with E-state index in [4.69, 9.17) is 0 Å². The Morgan fingerprint density at radius 1 is 0.441 bits per heavy atom. The lowest BCUT2D eigenvalue weighted by atomic mass is 9.66. The van der Waals surface area contributed by atoms with Gasteiger partial charge in [0.25, 0.3) is 0 Å². The molecule has 0 fully saturated rings. The Balaban J connectivity index is 0.000000453. The van der Waals surface area contributed by atoms with Gasteiger partial charge in [0.15, 0.2) is 0 Å². The minimum absolute atomic E-state index is 0.127. The topological polar surface area (TPSA) is 68.3 Å². The Kier molecular flexibility index (Phi) is 26.8. The van der Waals surface area contributed by atoms with Crippen molar-refractivity contribution in [3.63, 3.8) is 0 Å². The van der Waals surface area contributed by atoms with Crippen molar-refractivity contribution in [2.45, 2.75) is 239 Å². The fraction of sp³-hybridized carbons (Fsp3) is 0.688. The van der Waals surface area contributed by atoms with Gasteiger partial charge in [-0.3, -0.25) is 19.2 Å². The average molecular weight is 938 g/mol. The van der Waals surface area contributed by atoms with Crippen LogP contribution in [0, 0.1) is 45.3 Å². The number of Topliss-reactive ketones (excluding diaryl/α,β-unsaturated/α-hetero) is 4. The molecule has 0 spiro atoms. The van der Waals surface area contributed by atoms with Gasteiger partial charge in [0, 0.05) is 21.7 Å². The Morgan fingerprint density at radius 3 is 0.897 bits per heavy atom. The van der Waals surface area contributed by atoms with Crippen LogP contribution in [0.2, 0.25) is 0 Å². The first-order valence-electron chi connectivity index (χ1n) is 26.8. The van der Waals surface area contributed by atoms with E-state index in [1.165, 1.54) is 96.0 Å². The molecule has 0 aromatic heterocycles. The SMILES string of the molecule is C=C(C)CCCC1=CC[C@@](C)(C(C)=O)[C@H](C)C1.C=C(C)CCCC1=CC[C@](C)(C(C)=O)[C@@H](C)C1.C=C(C)CCCC1=C[C@@H](C)[C@](C)(C(C)=O)CC1.C=C(C)CCCC1=C[C@H](C)[C@@](C)(C(C)=O)CC1. The van der Waals surface area contributed by atoms with Crippen LogP contribution in [0.4, 0.5) is 0 Å². The van der Waals surface area contributed by atoms with Crippen molar-refractivity contribution in [3.8, 4) is 0 Å². The van der Waals surface area contributed by atoms with Gasteiger partial charge in [-0.15, -0.1) is 26.3 Å². The molecule has 68 heavy (non-hydrogen) atoms. The van der Waals surface area contributed by atoms with Crippen LogP contribution in [0.5, 0.6) is 0 Å². The smallest absolute Gasteiger partial charge is 0.136 e. The van der Waals surface area contributed by atoms with Gasteiger partial charge in [0.2, 0.25) is 0 Å². The molecule has 4 aliphatic rings. The van der Waals surface area contributed by atoms with Crippen LogP contribution >= 0.6 is 0 Å². The Hall–Kier alpha value is -3.40. The van der Waals surface area contributed by atoms with E-state index in [1.807, 2.05) is 0 Å². The van der Waals surface area contributed by atoms with E-state index < -0.39 is 0 Å². The maximum Gasteiger partial charge on any atom is 0.136 e. The van der Waals surface area contributed by atoms with Crippen LogP contribution in [0.15, 0.2) is 95.2 Å². The summed E-state index contributed by atoms with van der Waals surface area (Å²) in [4.78, 5) is 46.8. The molecule has 0 aromatic rings. The molecule has 0 bridgehead atoms. The van der Waals surface area contributed by atoms with E-state index in [0.717, 1.165) is 77.0 Å². The number of rotatable bonds is 20. The third-order valence-electron chi connectivity index (χ3n) is 17.5. The highest BCUT2D eigenvalue weighted by Crippen LogP contribution is 2.45. The number of allylic oxidation sites excluding steroid dienone is 12. The molecule has 0 amide bonds. The molecule has 384 valence electrons. The molecule has 8 atom stereocenters. The largest absolute Gasteiger partial charge is 0.299 e. The molecule has 0 saturated heterocycles. The summed E-state index contributed by atoms with van der Waals surface area (Å²) in [5, 5.41) is 0. The lowest BCUT2D eigenvalue weighted by Crippen LogP contribution is -2.35. The summed E-state index contributed by atoms with van der Waals surface area (Å²) in [5.41, 5.74) is 10.7. The number of carbonyl (C=O) groups excluding carboxylic acids is 4. The molecule has 0 aliphatic heterocycles. The Bertz CT molecular complexity index is 1730. The van der Waals surface area contributed by atoms with E-state index in [2.05, 4.69) is 134 Å². The van der Waals surface area contributed by atoms with Gasteiger partial charge in [-0.2, -0.15) is 0 Å². The van der Waals surface area contributed by atoms with Gasteiger partial charge in [-0.25, -0.2) is 0 Å². The van der Waals surface area contributed by atoms with Gasteiger partial charge in [0.1, 0.15) is 23.1 Å². The number of carbonyl (C=O) groups is 4. The third-order valence-corrected chi connectivity index (χ3v) is 17.5. The molecule has 4 heteroatoms. The minimum atomic E-state index is -0.127. The minimum Gasteiger partial charge on any atom is -0.299 e. The summed E-state index contributed by atoms with van der Waals surface area (Å²) >= 11 is 0. The molecule has 4 rings (SSSR count). The van der Waals surface area contributed by atoms with Crippen molar-refractivity contribution < 1.29 is 19.2 Å². The summed E-state index contributed by atoms with van der Waals surface area (Å²) in [6, 6.07) is 0. The maximum absolute atomic E-state index is 11.7. The van der Waals surface area contributed by atoms with Crippen LogP contribution in [-0.4, -0.2) is 23.1 Å². The first kappa shape index (κ1) is 62.6. The van der Waals surface area contributed by atoms with Crippen LogP contribution in [0.1, 0.15) is 239 Å². The van der Waals surface area contributed by atoms with Crippen LogP contribution in [0.3, 0.4) is 0 Å². The van der Waals surface area contributed by atoms with Crippen molar-refractivity contribution in [1.29, 1.82) is 0 Å². The average Bonchev–Trinajstić information content (AvgIpc) is 3.23. The molecular formula is C64H104O4. The summed E-state index contributed by atoms with van der Waals surface area (Å²) < 4.78 is 0. The fourth-order valence-electron chi connectivity index (χ4n) is 10.3. The molecule has 0 heterocycles. The molecule has 0 aromatic carbocycles. The van der Waals surface area contributed by atoms with Gasteiger partial charge in [0.05, 0.1) is 0 Å². The lowest BCUT2D eigenvalue weighted by molar-refractivity contribution is -0.129. The highest BCUT2D eigenvalue weighted by molar-refractivity contribution is 5.84. The van der Waals surface area contributed by atoms with Crippen molar-refractivity contribution in [3.05, 3.63) is 95.2 Å². The standard InChI is InChI=1S/4C16H26O/c4*1-12(2)7-6-8-15-9-10-16(5,14(4)17)13(3)11-15/h2*11,13H,1,6-10H2,2-5H3;2*9,13H,1,6-8,10-11H2,2-5H3/t4*13-,16-/m1010/s1. The first-order chi connectivity index (χ1) is 31.4. The van der Waals surface area contributed by atoms with Crippen molar-refractivity contribution in [2.75, 3.05) is 0 Å². The number of hydrogen-bond acceptors (Lipinski definition) is 4. The quantitative estimate of drug-likeness (QED) is 0.114. The second-order valence-electron chi connectivity index (χ2n) is 23.7. The van der Waals surface area contributed by atoms with E-state index >= 15 is 0 Å². The summed E-state index contributed by atoms with van der Waals surface area (Å²) in [5.74, 6) is 3.06. The molecule has 4 nitrogen and oxygen atoms in total. The van der Waals surface area contributed by atoms with Crippen LogP contribution in [-0.2, 0) is 19.2 Å². The second kappa shape index (κ2) is 29.1. The molecular weight excluding hydrogens is 833 g/mol. The number of ketones is 4. The van der Waals surface area contributed by atoms with E-state index in [1.54, 1.807) is 27.7 Å². The maximum atomic E-state index is 11.7. The zero-order chi connectivity index (χ0) is 52.2. The zero-order valence-electron chi connectivity index (χ0n) is 47.2. The molecule has 0 N–H and O–H groups in total. The first-order valence-corrected chi connectivity index (χ1v) is 26.8. The fourth-order valence-corrected chi connectivity index (χ4v) is 10.3. The molecule has 0 saturated carbocycles. The van der Waals surface area contributed by atoms with Crippen molar-refractivity contribution >= 4 is 23.1 Å². The zero-order valence-corrected chi connectivity index (χ0v) is 47.2. The third kappa shape index (κ3) is 20.1. The van der Waals surface area contributed by atoms with Crippen molar-refractivity contribution in [1.82, 2.24) is 0 Å². The molecule has 4 aliphatic carbocycles. The van der Waals surface area contributed by atoms with Gasteiger partial charge < -0.3 is 0 Å². The van der Waals surface area contributed by atoms with E-state index in [9.17, 15) is 19.2 Å². The monoisotopic (exact) mass is 937 g/mol. The molecule has 0 unspecified atom stereocenters. The number of hydrogen-bond donors (Lipinski definition) is 0. The normalized spacial score (nSPS) is 28.7. The van der Waals surface area contributed by atoms with Gasteiger partial charge in [-0.1, -0.05) is 124 Å². The predicted molar refractivity (Wildman–Crippen MR) is 296 cm³/mol. The van der Waals surface area contributed by atoms with Gasteiger partial charge >= 0.3 is 0 Å². The van der Waals surface area contributed by atoms with Gasteiger partial charge in [-0.05, 0) is 207 Å². The van der Waals surface area contributed by atoms with Crippen molar-refractivity contribution in [2.24, 2.45) is 45.3 Å². The Labute approximate surface area is 420 Å². The van der Waals surface area contributed by atoms with Crippen LogP contribution in [0.25, 0.3) is 0 Å². The second-order valence-corrected chi connectivity index (χ2v) is 23.7. The highest BCUT2D eigenvalue weighted by atomic mass is 16.1. The summed E-state index contributed by atoms with van der Waals surface area (Å²) in [7, 11) is 0. The Morgan fingerprint density at radius 2 is 0.691 bits per heavy atom. The predicted octanol–water partition coefficient (Wildman–Crippen LogP) is 18.7. The molecule has 0 radical (unpaired) electrons. The summed E-state index contributed by atoms with van der Waals surface area (Å²) in [6.07, 6.45) is 31.5. The van der Waals surface area contributed by atoms with Crippen LogP contribution < -0.4 is 0 Å². The lowest BCUT2D eigenvalue weighted by Gasteiger charge is -2.37. The summed E-state index contributed by atoms with van der Waals surface area (Å²) in [6.45, 7) is 48.3. The van der Waals surface area contributed by atoms with E-state index in [-0.39, 0.29) is 21.7 Å².